The fourth-order valence-electron chi connectivity index (χ4n) is 5.95. The highest BCUT2D eigenvalue weighted by atomic mass is 16.7. The van der Waals surface area contributed by atoms with Crippen LogP contribution in [0, 0.1) is 21.7 Å². The number of nitrogens with zero attached hydrogens (tertiary/aromatic N) is 6. The maximum absolute atomic E-state index is 12.2. The van der Waals surface area contributed by atoms with Crippen molar-refractivity contribution >= 4 is 40.8 Å². The summed E-state index contributed by atoms with van der Waals surface area (Å²) in [5.74, 6) is -6.33. The molecule has 406 valence electrons. The Hall–Kier alpha value is -6.13. The zero-order valence-corrected chi connectivity index (χ0v) is 42.1. The predicted molar refractivity (Wildman–Crippen MR) is 249 cm³/mol. The zero-order valence-electron chi connectivity index (χ0n) is 42.1. The monoisotopic (exact) mass is 1040 g/mol. The first-order valence-electron chi connectivity index (χ1n) is 22.6. The molecule has 0 unspecified atom stereocenters. The number of carbonyl (C=O) groups excluding carboxylic acids is 2. The van der Waals surface area contributed by atoms with Crippen molar-refractivity contribution in [3.05, 3.63) is 68.6 Å². The number of aliphatic hydroxyl groups excluding tert-OH is 3. The van der Waals surface area contributed by atoms with Crippen molar-refractivity contribution in [3.8, 4) is 0 Å². The highest BCUT2D eigenvalue weighted by Gasteiger charge is 2.44. The number of fused-ring (bicyclic) bond motifs is 1. The molecule has 6 rings (SSSR count). The third kappa shape index (κ3) is 19.0. The van der Waals surface area contributed by atoms with Gasteiger partial charge in [0.25, 0.3) is 0 Å². The third-order valence-electron chi connectivity index (χ3n) is 11.3. The molecule has 3 fully saturated rings. The van der Waals surface area contributed by atoms with Gasteiger partial charge in [-0.1, -0.05) is 28.5 Å². The van der Waals surface area contributed by atoms with Crippen LogP contribution >= 0.6 is 0 Å². The lowest BCUT2D eigenvalue weighted by atomic mass is 9.90. The number of esters is 2. The molecule has 3 saturated heterocycles. The van der Waals surface area contributed by atoms with Gasteiger partial charge < -0.3 is 73.0 Å². The van der Waals surface area contributed by atoms with Crippen molar-refractivity contribution in [2.24, 2.45) is 26.8 Å². The van der Waals surface area contributed by atoms with Gasteiger partial charge in [0.05, 0.1) is 95.9 Å². The molecule has 3 aliphatic rings. The molecule has 3 aliphatic heterocycles. The summed E-state index contributed by atoms with van der Waals surface area (Å²) >= 11 is 0. The number of para-hydroxylation sites is 1. The number of aromatic nitrogens is 3. The molecule has 1 aromatic carbocycles. The van der Waals surface area contributed by atoms with Crippen LogP contribution in [0.15, 0.2) is 50.9 Å². The molecule has 0 amide bonds. The summed E-state index contributed by atoms with van der Waals surface area (Å²) in [4.78, 5) is 70.2. The molecular formula is C46H66N6O21. The van der Waals surface area contributed by atoms with E-state index in [2.05, 4.69) is 20.3 Å². The number of hydrogen-bond donors (Lipinski definition) is 6. The van der Waals surface area contributed by atoms with Crippen LogP contribution in [-0.4, -0.2) is 165 Å². The van der Waals surface area contributed by atoms with E-state index in [-0.39, 0.29) is 84.3 Å². The number of rotatable bonds is 17. The lowest BCUT2D eigenvalue weighted by Crippen LogP contribution is -2.50. The van der Waals surface area contributed by atoms with Crippen LogP contribution in [0.1, 0.15) is 84.3 Å². The molecule has 5 heterocycles. The van der Waals surface area contributed by atoms with Crippen LogP contribution in [0.5, 0.6) is 0 Å². The predicted octanol–water partition coefficient (Wildman–Crippen LogP) is 2.90. The number of benzene rings is 1. The number of ether oxygens (including phenoxy) is 8. The minimum Gasteiger partial charge on any atom is -0.481 e. The van der Waals surface area contributed by atoms with Gasteiger partial charge in [0.15, 0.2) is 17.4 Å². The fourth-order valence-corrected chi connectivity index (χ4v) is 5.95. The number of aliphatic hydroxyl groups is 3. The molecule has 3 aromatic rings. The molecule has 73 heavy (non-hydrogen) atoms. The summed E-state index contributed by atoms with van der Waals surface area (Å²) < 4.78 is 48.6. The Kier molecular flexibility index (Phi) is 21.9. The van der Waals surface area contributed by atoms with Crippen molar-refractivity contribution in [1.82, 2.24) is 15.0 Å². The van der Waals surface area contributed by atoms with Crippen LogP contribution in [0.25, 0.3) is 21.4 Å². The second kappa shape index (κ2) is 26.2. The summed E-state index contributed by atoms with van der Waals surface area (Å²) in [6.07, 6.45) is 0.953. The van der Waals surface area contributed by atoms with Gasteiger partial charge in [-0.05, 0) is 73.1 Å². The van der Waals surface area contributed by atoms with E-state index >= 15 is 0 Å². The van der Waals surface area contributed by atoms with Gasteiger partial charge in [-0.15, -0.1) is 5.10 Å². The van der Waals surface area contributed by atoms with E-state index in [4.69, 9.17) is 63.2 Å². The molecule has 27 heteroatoms. The minimum atomic E-state index is -1.15. The van der Waals surface area contributed by atoms with E-state index in [9.17, 15) is 44.1 Å². The molecule has 0 atom stereocenters. The van der Waals surface area contributed by atoms with E-state index < -0.39 is 94.3 Å². The number of carbonyl (C=O) groups is 5. The first-order chi connectivity index (χ1) is 34.0. The number of azide groups is 1. The summed E-state index contributed by atoms with van der Waals surface area (Å²) in [6.45, 7) is 13.5. The number of carboxylic acid groups (broad SMARTS) is 3. The Morgan fingerprint density at radius 1 is 0.753 bits per heavy atom. The van der Waals surface area contributed by atoms with Crippen LogP contribution in [0.3, 0.4) is 0 Å². The second-order valence-corrected chi connectivity index (χ2v) is 19.5. The standard InChI is InChI=1S/C18H19N3O7.C12H19N3O6.2C8H14O4/c22-9-18(10-23,11-24)8-21-6-13(19-20-21)7-27-16(25)14-5-12-3-1-2-4-15(12)28-17(14)26;1-11(2)20-7-12(8-21-11,5-14-15-13)6-19-10(18)4-3-9(16)17;2*1-7(2)11-4-8(3,5-12-7)6(9)10/h1-6,22-24H,7-11H2;3-8H2,1-2H3,(H,16,17);2*4-5H2,1-3H3,(H,9,10). The van der Waals surface area contributed by atoms with Crippen molar-refractivity contribution < 1.29 is 96.9 Å². The van der Waals surface area contributed by atoms with Gasteiger partial charge in [0.2, 0.25) is 0 Å². The molecule has 27 nitrogen and oxygen atoms in total. The lowest BCUT2D eigenvalue weighted by Gasteiger charge is -2.42. The normalized spacial score (nSPS) is 18.8. The molecule has 0 aliphatic carbocycles. The molecule has 0 spiro atoms. The van der Waals surface area contributed by atoms with E-state index in [1.807, 2.05) is 0 Å². The zero-order chi connectivity index (χ0) is 54.9. The first-order valence-corrected chi connectivity index (χ1v) is 22.6. The Bertz CT molecular complexity index is 2380. The molecule has 0 radical (unpaired) electrons. The van der Waals surface area contributed by atoms with Crippen LogP contribution < -0.4 is 5.63 Å². The fraction of sp³-hybridized carbons (Fsp3) is 0.652. The first kappa shape index (κ1) is 61.2. The number of aliphatic carboxylic acids is 3. The average Bonchev–Trinajstić information content (AvgIpc) is 3.80. The van der Waals surface area contributed by atoms with Crippen LogP contribution in [0.2, 0.25) is 0 Å². The number of hydrogen-bond acceptors (Lipinski definition) is 21. The molecule has 2 aromatic heterocycles. The Morgan fingerprint density at radius 2 is 1.25 bits per heavy atom. The maximum atomic E-state index is 12.2. The summed E-state index contributed by atoms with van der Waals surface area (Å²) in [7, 11) is 0. The van der Waals surface area contributed by atoms with Crippen LogP contribution in [0.4, 0.5) is 0 Å². The summed E-state index contributed by atoms with van der Waals surface area (Å²) in [5.41, 5.74) is 4.39. The SMILES string of the molecule is CC1(C)OCC(C)(C(=O)O)CO1.CC1(C)OCC(C)(C(=O)O)CO1.CC1(C)OCC(CN=[N+]=[N-])(COC(=O)CCC(=O)O)CO1.O=C(OCc1cn(CC(CO)(CO)CO)nn1)c1cc2ccccc2oc1=O. The maximum Gasteiger partial charge on any atom is 0.351 e. The van der Waals surface area contributed by atoms with Gasteiger partial charge in [-0.3, -0.25) is 23.9 Å². The third-order valence-corrected chi connectivity index (χ3v) is 11.3. The van der Waals surface area contributed by atoms with Crippen molar-refractivity contribution in [2.75, 3.05) is 72.6 Å². The molecule has 0 saturated carbocycles. The van der Waals surface area contributed by atoms with Gasteiger partial charge >= 0.3 is 35.5 Å². The van der Waals surface area contributed by atoms with E-state index in [0.717, 1.165) is 0 Å². The van der Waals surface area contributed by atoms with Gasteiger partial charge in [-0.2, -0.15) is 0 Å². The summed E-state index contributed by atoms with van der Waals surface area (Å²) in [5, 5.41) is 65.9. The van der Waals surface area contributed by atoms with E-state index in [1.165, 1.54) is 16.9 Å². The highest BCUT2D eigenvalue weighted by molar-refractivity contribution is 5.92. The van der Waals surface area contributed by atoms with Crippen molar-refractivity contribution in [2.45, 2.75) is 98.7 Å². The Morgan fingerprint density at radius 3 is 1.71 bits per heavy atom. The number of carboxylic acids is 3. The van der Waals surface area contributed by atoms with E-state index in [1.54, 1.807) is 79.7 Å². The highest BCUT2D eigenvalue weighted by Crippen LogP contribution is 2.32. The van der Waals surface area contributed by atoms with Gasteiger partial charge in [0, 0.05) is 16.8 Å². The summed E-state index contributed by atoms with van der Waals surface area (Å²) in [6, 6.07) is 8.19. The lowest BCUT2D eigenvalue weighted by molar-refractivity contribution is -0.288. The molecule has 0 bridgehead atoms. The topological polar surface area (TPSA) is 390 Å². The van der Waals surface area contributed by atoms with Crippen LogP contribution in [-0.2, 0) is 70.2 Å². The molecular weight excluding hydrogens is 973 g/mol. The van der Waals surface area contributed by atoms with E-state index in [0.29, 0.717) is 16.7 Å². The second-order valence-electron chi connectivity index (χ2n) is 19.5. The Balaban J connectivity index is 0.000000274. The largest absolute Gasteiger partial charge is 0.481 e. The smallest absolute Gasteiger partial charge is 0.351 e. The van der Waals surface area contributed by atoms with Gasteiger partial charge in [-0.25, -0.2) is 9.59 Å². The quantitative estimate of drug-likeness (QED) is 0.0372. The van der Waals surface area contributed by atoms with Gasteiger partial charge in [0.1, 0.15) is 40.9 Å². The minimum absolute atomic E-state index is 0.0196. The van der Waals surface area contributed by atoms with Crippen molar-refractivity contribution in [1.29, 1.82) is 0 Å². The molecule has 6 N–H and O–H groups in total. The average molecular weight is 1040 g/mol. The van der Waals surface area contributed by atoms with Crippen molar-refractivity contribution in [3.63, 3.8) is 0 Å². The Labute approximate surface area is 418 Å².